The Morgan fingerprint density at radius 3 is 2.54 bits per heavy atom. The van der Waals surface area contributed by atoms with Crippen LogP contribution in [0.3, 0.4) is 0 Å². The SMILES string of the molecule is O=C(CCc1ccc(OCc2cccc(F)c2)cc1)Cc1ccccn1. The van der Waals surface area contributed by atoms with Crippen LogP contribution >= 0.6 is 0 Å². The van der Waals surface area contributed by atoms with Crippen LogP contribution in [0.4, 0.5) is 4.39 Å². The number of carbonyl (C=O) groups excluding carboxylic acids is 1. The Labute approximate surface area is 152 Å². The smallest absolute Gasteiger partial charge is 0.139 e. The van der Waals surface area contributed by atoms with Crippen molar-refractivity contribution in [3.63, 3.8) is 0 Å². The molecule has 0 radical (unpaired) electrons. The second kappa shape index (κ2) is 8.90. The molecule has 3 nitrogen and oxygen atoms in total. The number of aromatic nitrogens is 1. The molecule has 1 heterocycles. The molecule has 1 aromatic heterocycles. The van der Waals surface area contributed by atoms with E-state index in [1.165, 1.54) is 12.1 Å². The molecule has 0 N–H and O–H groups in total. The zero-order chi connectivity index (χ0) is 18.2. The van der Waals surface area contributed by atoms with Crippen LogP contribution in [0.2, 0.25) is 0 Å². The first kappa shape index (κ1) is 17.8. The number of ketones is 1. The van der Waals surface area contributed by atoms with E-state index in [0.717, 1.165) is 22.6 Å². The van der Waals surface area contributed by atoms with Gasteiger partial charge in [-0.05, 0) is 53.9 Å². The Bertz CT molecular complexity index is 848. The van der Waals surface area contributed by atoms with E-state index >= 15 is 0 Å². The van der Waals surface area contributed by atoms with Crippen LogP contribution in [-0.4, -0.2) is 10.8 Å². The number of ether oxygens (including phenoxy) is 1. The average molecular weight is 349 g/mol. The predicted octanol–water partition coefficient (Wildman–Crippen LogP) is 4.54. The monoisotopic (exact) mass is 349 g/mol. The summed E-state index contributed by atoms with van der Waals surface area (Å²) >= 11 is 0. The van der Waals surface area contributed by atoms with E-state index < -0.39 is 0 Å². The number of benzene rings is 2. The third-order valence-electron chi connectivity index (χ3n) is 4.01. The van der Waals surface area contributed by atoms with E-state index in [1.807, 2.05) is 48.5 Å². The lowest BCUT2D eigenvalue weighted by molar-refractivity contribution is -0.118. The predicted molar refractivity (Wildman–Crippen MR) is 98.4 cm³/mol. The van der Waals surface area contributed by atoms with Gasteiger partial charge in [0.05, 0.1) is 0 Å². The lowest BCUT2D eigenvalue weighted by atomic mass is 10.0. The summed E-state index contributed by atoms with van der Waals surface area (Å²) in [6, 6.07) is 19.6. The van der Waals surface area contributed by atoms with Gasteiger partial charge >= 0.3 is 0 Å². The molecule has 0 aliphatic carbocycles. The number of hydrogen-bond donors (Lipinski definition) is 0. The maximum Gasteiger partial charge on any atom is 0.139 e. The fraction of sp³-hybridized carbons (Fsp3) is 0.182. The molecule has 0 aliphatic rings. The van der Waals surface area contributed by atoms with E-state index in [9.17, 15) is 9.18 Å². The standard InChI is InChI=1S/C22H20FNO2/c23-19-5-3-4-18(14-19)16-26-22-11-8-17(9-12-22)7-10-21(25)15-20-6-1-2-13-24-20/h1-6,8-9,11-14H,7,10,15-16H2. The minimum atomic E-state index is -0.267. The van der Waals surface area contributed by atoms with Crippen molar-refractivity contribution in [1.82, 2.24) is 4.98 Å². The van der Waals surface area contributed by atoms with Gasteiger partial charge in [-0.3, -0.25) is 9.78 Å². The molecular formula is C22H20FNO2. The largest absolute Gasteiger partial charge is 0.489 e. The van der Waals surface area contributed by atoms with Crippen LogP contribution < -0.4 is 4.74 Å². The first-order valence-electron chi connectivity index (χ1n) is 8.57. The van der Waals surface area contributed by atoms with Gasteiger partial charge in [-0.25, -0.2) is 4.39 Å². The molecule has 3 aromatic rings. The van der Waals surface area contributed by atoms with Gasteiger partial charge in [0.2, 0.25) is 0 Å². The van der Waals surface area contributed by atoms with Crippen molar-refractivity contribution in [2.24, 2.45) is 0 Å². The molecule has 26 heavy (non-hydrogen) atoms. The van der Waals surface area contributed by atoms with Crippen molar-refractivity contribution in [3.05, 3.63) is 95.6 Å². The summed E-state index contributed by atoms with van der Waals surface area (Å²) < 4.78 is 18.8. The zero-order valence-corrected chi connectivity index (χ0v) is 14.4. The quantitative estimate of drug-likeness (QED) is 0.599. The summed E-state index contributed by atoms with van der Waals surface area (Å²) in [4.78, 5) is 16.2. The molecule has 0 spiro atoms. The van der Waals surface area contributed by atoms with Crippen LogP contribution in [-0.2, 0) is 24.2 Å². The number of rotatable bonds is 8. The Hall–Kier alpha value is -3.01. The number of aryl methyl sites for hydroxylation is 1. The molecule has 0 saturated carbocycles. The van der Waals surface area contributed by atoms with Gasteiger partial charge in [0, 0.05) is 24.7 Å². The number of hydrogen-bond acceptors (Lipinski definition) is 3. The number of carbonyl (C=O) groups is 1. The first-order chi connectivity index (χ1) is 12.7. The summed E-state index contributed by atoms with van der Waals surface area (Å²) in [5, 5.41) is 0. The van der Waals surface area contributed by atoms with Crippen LogP contribution in [0, 0.1) is 5.82 Å². The molecule has 2 aromatic carbocycles. The highest BCUT2D eigenvalue weighted by Gasteiger charge is 2.05. The van der Waals surface area contributed by atoms with Gasteiger partial charge in [0.25, 0.3) is 0 Å². The highest BCUT2D eigenvalue weighted by Crippen LogP contribution is 2.16. The van der Waals surface area contributed by atoms with Crippen molar-refractivity contribution in [3.8, 4) is 5.75 Å². The van der Waals surface area contributed by atoms with Gasteiger partial charge in [0.15, 0.2) is 0 Å². The zero-order valence-electron chi connectivity index (χ0n) is 14.4. The third-order valence-corrected chi connectivity index (χ3v) is 4.01. The summed E-state index contributed by atoms with van der Waals surface area (Å²) in [5.74, 6) is 0.629. The number of halogens is 1. The maximum atomic E-state index is 13.1. The van der Waals surface area contributed by atoms with Gasteiger partial charge < -0.3 is 4.74 Å². The Morgan fingerprint density at radius 2 is 1.81 bits per heavy atom. The van der Waals surface area contributed by atoms with E-state index in [2.05, 4.69) is 4.98 Å². The van der Waals surface area contributed by atoms with E-state index in [4.69, 9.17) is 4.74 Å². The van der Waals surface area contributed by atoms with Gasteiger partial charge in [-0.1, -0.05) is 30.3 Å². The molecule has 4 heteroatoms. The molecule has 0 saturated heterocycles. The molecule has 3 rings (SSSR count). The minimum absolute atomic E-state index is 0.176. The number of Topliss-reactive ketones (excluding diaryl/α,β-unsaturated/α-hetero) is 1. The van der Waals surface area contributed by atoms with Crippen LogP contribution in [0.1, 0.15) is 23.2 Å². The summed E-state index contributed by atoms with van der Waals surface area (Å²) in [5.41, 5.74) is 2.67. The second-order valence-electron chi connectivity index (χ2n) is 6.10. The van der Waals surface area contributed by atoms with Crippen LogP contribution in [0.5, 0.6) is 5.75 Å². The fourth-order valence-electron chi connectivity index (χ4n) is 2.62. The highest BCUT2D eigenvalue weighted by atomic mass is 19.1. The molecule has 132 valence electrons. The average Bonchev–Trinajstić information content (AvgIpc) is 2.66. The second-order valence-corrected chi connectivity index (χ2v) is 6.10. The molecule has 0 fully saturated rings. The van der Waals surface area contributed by atoms with Crippen molar-refractivity contribution in [2.75, 3.05) is 0 Å². The summed E-state index contributed by atoms with van der Waals surface area (Å²) in [7, 11) is 0. The molecule has 0 aliphatic heterocycles. The first-order valence-corrected chi connectivity index (χ1v) is 8.57. The van der Waals surface area contributed by atoms with E-state index in [-0.39, 0.29) is 11.6 Å². The van der Waals surface area contributed by atoms with Crippen LogP contribution in [0.15, 0.2) is 72.9 Å². The van der Waals surface area contributed by atoms with Crippen molar-refractivity contribution in [1.29, 1.82) is 0 Å². The molecule has 0 bridgehead atoms. The lowest BCUT2D eigenvalue weighted by Crippen LogP contribution is -2.05. The van der Waals surface area contributed by atoms with Crippen LogP contribution in [0.25, 0.3) is 0 Å². The van der Waals surface area contributed by atoms with Gasteiger partial charge in [-0.2, -0.15) is 0 Å². The number of nitrogens with zero attached hydrogens (tertiary/aromatic N) is 1. The van der Waals surface area contributed by atoms with Gasteiger partial charge in [-0.15, -0.1) is 0 Å². The highest BCUT2D eigenvalue weighted by molar-refractivity contribution is 5.80. The summed E-state index contributed by atoms with van der Waals surface area (Å²) in [6.07, 6.45) is 3.25. The molecule has 0 atom stereocenters. The Balaban J connectivity index is 1.46. The van der Waals surface area contributed by atoms with Crippen molar-refractivity contribution < 1.29 is 13.9 Å². The fourth-order valence-corrected chi connectivity index (χ4v) is 2.62. The van der Waals surface area contributed by atoms with Gasteiger partial charge in [0.1, 0.15) is 24.0 Å². The molecule has 0 amide bonds. The normalized spacial score (nSPS) is 10.5. The van der Waals surface area contributed by atoms with E-state index in [0.29, 0.717) is 25.9 Å². The van der Waals surface area contributed by atoms with E-state index in [1.54, 1.807) is 12.3 Å². The van der Waals surface area contributed by atoms with Crippen molar-refractivity contribution >= 4 is 5.78 Å². The maximum absolute atomic E-state index is 13.1. The third kappa shape index (κ3) is 5.52. The number of pyridine rings is 1. The van der Waals surface area contributed by atoms with Crippen molar-refractivity contribution in [2.45, 2.75) is 25.9 Å². The molecular weight excluding hydrogens is 329 g/mol. The lowest BCUT2D eigenvalue weighted by Gasteiger charge is -2.07. The Kier molecular flexibility index (Phi) is 6.09. The summed E-state index contributed by atoms with van der Waals surface area (Å²) in [6.45, 7) is 0.319. The minimum Gasteiger partial charge on any atom is -0.489 e. The molecule has 0 unspecified atom stereocenters. The topological polar surface area (TPSA) is 39.2 Å². The Morgan fingerprint density at radius 1 is 0.962 bits per heavy atom.